The average molecular weight is 393 g/mol. The van der Waals surface area contributed by atoms with E-state index in [9.17, 15) is 18.0 Å². The van der Waals surface area contributed by atoms with Crippen molar-refractivity contribution in [2.75, 3.05) is 0 Å². The van der Waals surface area contributed by atoms with Gasteiger partial charge in [0, 0.05) is 5.56 Å². The maximum atomic E-state index is 12.7. The van der Waals surface area contributed by atoms with Crippen LogP contribution in [0.5, 0.6) is 0 Å². The molecule has 0 radical (unpaired) electrons. The van der Waals surface area contributed by atoms with Gasteiger partial charge in [-0.15, -0.1) is 0 Å². The van der Waals surface area contributed by atoms with Gasteiger partial charge in [0.2, 0.25) is 11.7 Å². The molecule has 0 bridgehead atoms. The molecular formula is C19H18F3N3O3. The van der Waals surface area contributed by atoms with Crippen LogP contribution >= 0.6 is 0 Å². The fourth-order valence-electron chi connectivity index (χ4n) is 2.59. The van der Waals surface area contributed by atoms with Crippen LogP contribution in [0.15, 0.2) is 51.6 Å². The topological polar surface area (TPSA) is 81.2 Å². The van der Waals surface area contributed by atoms with Crippen molar-refractivity contribution in [2.24, 2.45) is 5.92 Å². The second-order valence-electron chi connectivity index (χ2n) is 6.35. The lowest BCUT2D eigenvalue weighted by Gasteiger charge is -2.20. The Morgan fingerprint density at radius 2 is 1.93 bits per heavy atom. The SMILES string of the molecule is CC[C@H](C)[C@@H](NC(=O)c1ccc(C(F)(F)F)cc1)c1nc(-c2ccco2)no1. The van der Waals surface area contributed by atoms with Gasteiger partial charge < -0.3 is 14.3 Å². The second-order valence-corrected chi connectivity index (χ2v) is 6.35. The minimum absolute atomic E-state index is 0.0525. The van der Waals surface area contributed by atoms with E-state index >= 15 is 0 Å². The molecule has 3 aromatic rings. The normalized spacial score (nSPS) is 13.9. The molecule has 148 valence electrons. The number of hydrogen-bond acceptors (Lipinski definition) is 5. The van der Waals surface area contributed by atoms with E-state index in [1.807, 2.05) is 13.8 Å². The predicted molar refractivity (Wildman–Crippen MR) is 93.1 cm³/mol. The van der Waals surface area contributed by atoms with Gasteiger partial charge in [-0.2, -0.15) is 18.2 Å². The summed E-state index contributed by atoms with van der Waals surface area (Å²) in [5.41, 5.74) is -0.713. The lowest BCUT2D eigenvalue weighted by molar-refractivity contribution is -0.137. The number of hydrogen-bond donors (Lipinski definition) is 1. The molecule has 0 saturated carbocycles. The third-order valence-electron chi connectivity index (χ3n) is 4.42. The number of alkyl halides is 3. The van der Waals surface area contributed by atoms with E-state index in [2.05, 4.69) is 15.5 Å². The van der Waals surface area contributed by atoms with Crippen LogP contribution in [-0.4, -0.2) is 16.0 Å². The number of carbonyl (C=O) groups is 1. The van der Waals surface area contributed by atoms with Crippen LogP contribution in [0.4, 0.5) is 13.2 Å². The van der Waals surface area contributed by atoms with Crippen molar-refractivity contribution in [1.29, 1.82) is 0 Å². The van der Waals surface area contributed by atoms with Gasteiger partial charge in [0.1, 0.15) is 6.04 Å². The van der Waals surface area contributed by atoms with Gasteiger partial charge in [0.05, 0.1) is 11.8 Å². The van der Waals surface area contributed by atoms with E-state index in [4.69, 9.17) is 8.94 Å². The standard InChI is InChI=1S/C19H18F3N3O3/c1-3-11(2)15(18-24-16(25-28-18)14-5-4-10-27-14)23-17(26)12-6-8-13(9-7-12)19(20,21)22/h4-11,15H,3H2,1-2H3,(H,23,26)/t11-,15+/m0/s1. The Bertz CT molecular complexity index is 918. The quantitative estimate of drug-likeness (QED) is 0.646. The molecule has 1 N–H and O–H groups in total. The zero-order chi connectivity index (χ0) is 20.3. The van der Waals surface area contributed by atoms with Gasteiger partial charge in [0.25, 0.3) is 5.91 Å². The number of amides is 1. The lowest BCUT2D eigenvalue weighted by Crippen LogP contribution is -2.32. The summed E-state index contributed by atoms with van der Waals surface area (Å²) >= 11 is 0. The van der Waals surface area contributed by atoms with E-state index in [0.717, 1.165) is 24.3 Å². The largest absolute Gasteiger partial charge is 0.461 e. The summed E-state index contributed by atoms with van der Waals surface area (Å²) < 4.78 is 48.6. The van der Waals surface area contributed by atoms with E-state index in [0.29, 0.717) is 12.2 Å². The molecule has 28 heavy (non-hydrogen) atoms. The van der Waals surface area contributed by atoms with Crippen LogP contribution in [0.25, 0.3) is 11.6 Å². The summed E-state index contributed by atoms with van der Waals surface area (Å²) in [4.78, 5) is 16.8. The first kappa shape index (κ1) is 19.7. The highest BCUT2D eigenvalue weighted by Crippen LogP contribution is 2.30. The Kier molecular flexibility index (Phi) is 5.53. The molecule has 0 saturated heterocycles. The third kappa shape index (κ3) is 4.24. The van der Waals surface area contributed by atoms with Gasteiger partial charge >= 0.3 is 6.18 Å². The average Bonchev–Trinajstić information content (AvgIpc) is 3.36. The number of carbonyl (C=O) groups excluding carboxylic acids is 1. The third-order valence-corrected chi connectivity index (χ3v) is 4.42. The fourth-order valence-corrected chi connectivity index (χ4v) is 2.59. The molecule has 0 spiro atoms. The molecule has 0 unspecified atom stereocenters. The minimum Gasteiger partial charge on any atom is -0.461 e. The van der Waals surface area contributed by atoms with Crippen LogP contribution in [-0.2, 0) is 6.18 Å². The zero-order valence-electron chi connectivity index (χ0n) is 15.2. The van der Waals surface area contributed by atoms with Crippen molar-refractivity contribution in [3.8, 4) is 11.6 Å². The summed E-state index contributed by atoms with van der Waals surface area (Å²) in [7, 11) is 0. The van der Waals surface area contributed by atoms with Crippen molar-refractivity contribution in [3.63, 3.8) is 0 Å². The minimum atomic E-state index is -4.46. The van der Waals surface area contributed by atoms with Crippen molar-refractivity contribution in [2.45, 2.75) is 32.5 Å². The molecule has 9 heteroatoms. The molecule has 0 fully saturated rings. The molecule has 6 nitrogen and oxygen atoms in total. The molecule has 0 aliphatic rings. The van der Waals surface area contributed by atoms with Gasteiger partial charge in [-0.3, -0.25) is 4.79 Å². The molecule has 2 aromatic heterocycles. The van der Waals surface area contributed by atoms with Crippen LogP contribution < -0.4 is 5.32 Å². The molecule has 2 heterocycles. The Morgan fingerprint density at radius 1 is 1.21 bits per heavy atom. The number of benzene rings is 1. The smallest absolute Gasteiger partial charge is 0.416 e. The van der Waals surface area contributed by atoms with Crippen LogP contribution in [0.1, 0.15) is 48.1 Å². The molecule has 1 amide bonds. The maximum Gasteiger partial charge on any atom is 0.416 e. The number of halogens is 3. The number of furan rings is 1. The predicted octanol–water partition coefficient (Wildman–Crippen LogP) is 4.87. The first-order chi connectivity index (χ1) is 13.3. The summed E-state index contributed by atoms with van der Waals surface area (Å²) in [6, 6.07) is 6.76. The number of nitrogens with zero attached hydrogens (tertiary/aromatic N) is 2. The van der Waals surface area contributed by atoms with Gasteiger partial charge in [-0.25, -0.2) is 0 Å². The molecule has 2 atom stereocenters. The first-order valence-corrected chi connectivity index (χ1v) is 8.65. The van der Waals surface area contributed by atoms with Crippen molar-refractivity contribution in [3.05, 3.63) is 59.7 Å². The summed E-state index contributed by atoms with van der Waals surface area (Å²) in [5, 5.41) is 6.63. The highest BCUT2D eigenvalue weighted by atomic mass is 19.4. The summed E-state index contributed by atoms with van der Waals surface area (Å²) in [5.74, 6) is 0.283. The van der Waals surface area contributed by atoms with Crippen LogP contribution in [0.2, 0.25) is 0 Å². The number of nitrogens with one attached hydrogen (secondary N) is 1. The van der Waals surface area contributed by atoms with E-state index in [-0.39, 0.29) is 23.2 Å². The molecule has 0 aliphatic heterocycles. The Hall–Kier alpha value is -3.10. The summed E-state index contributed by atoms with van der Waals surface area (Å²) in [6.45, 7) is 3.83. The van der Waals surface area contributed by atoms with Gasteiger partial charge in [-0.1, -0.05) is 25.4 Å². The maximum absolute atomic E-state index is 12.7. The van der Waals surface area contributed by atoms with Crippen molar-refractivity contribution < 1.29 is 26.9 Å². The Morgan fingerprint density at radius 3 is 2.50 bits per heavy atom. The fraction of sp³-hybridized carbons (Fsp3) is 0.316. The Labute approximate surface area is 158 Å². The zero-order valence-corrected chi connectivity index (χ0v) is 15.2. The van der Waals surface area contributed by atoms with Crippen molar-refractivity contribution >= 4 is 5.91 Å². The van der Waals surface area contributed by atoms with E-state index < -0.39 is 23.7 Å². The summed E-state index contributed by atoms with van der Waals surface area (Å²) in [6.07, 6.45) is -2.28. The number of rotatable bonds is 6. The first-order valence-electron chi connectivity index (χ1n) is 8.65. The number of aromatic nitrogens is 2. The molecular weight excluding hydrogens is 375 g/mol. The van der Waals surface area contributed by atoms with Gasteiger partial charge in [-0.05, 0) is 42.3 Å². The highest BCUT2D eigenvalue weighted by Gasteiger charge is 2.31. The lowest BCUT2D eigenvalue weighted by atomic mass is 9.98. The van der Waals surface area contributed by atoms with E-state index in [1.165, 1.54) is 6.26 Å². The van der Waals surface area contributed by atoms with Crippen LogP contribution in [0, 0.1) is 5.92 Å². The molecule has 3 rings (SSSR count). The van der Waals surface area contributed by atoms with E-state index in [1.54, 1.807) is 12.1 Å². The Balaban J connectivity index is 1.80. The molecule has 0 aliphatic carbocycles. The van der Waals surface area contributed by atoms with Crippen molar-refractivity contribution in [1.82, 2.24) is 15.5 Å². The van der Waals surface area contributed by atoms with Gasteiger partial charge in [0.15, 0.2) is 5.76 Å². The van der Waals surface area contributed by atoms with Crippen LogP contribution in [0.3, 0.4) is 0 Å². The highest BCUT2D eigenvalue weighted by molar-refractivity contribution is 5.94. The monoisotopic (exact) mass is 393 g/mol. The molecule has 1 aromatic carbocycles. The second kappa shape index (κ2) is 7.87.